The lowest BCUT2D eigenvalue weighted by Crippen LogP contribution is -2.23. The fourth-order valence-electron chi connectivity index (χ4n) is 2.58. The highest BCUT2D eigenvalue weighted by Gasteiger charge is 2.28. The molecule has 92 valence electrons. The first-order valence-corrected chi connectivity index (χ1v) is 5.80. The average molecular weight is 235 g/mol. The quantitative estimate of drug-likeness (QED) is 0.825. The molecule has 1 atom stereocenters. The molecule has 0 aliphatic heterocycles. The van der Waals surface area contributed by atoms with E-state index in [0.29, 0.717) is 5.75 Å². The van der Waals surface area contributed by atoms with Gasteiger partial charge in [-0.2, -0.15) is 0 Å². The second-order valence-corrected chi connectivity index (χ2v) is 4.30. The molecule has 1 aliphatic carbocycles. The van der Waals surface area contributed by atoms with E-state index in [1.807, 2.05) is 12.1 Å². The number of benzene rings is 1. The number of nitrogens with two attached hydrogens (primary N) is 1. The molecule has 1 aromatic carbocycles. The van der Waals surface area contributed by atoms with Gasteiger partial charge in [-0.05, 0) is 36.5 Å². The summed E-state index contributed by atoms with van der Waals surface area (Å²) in [6.45, 7) is 0.0994. The Balaban J connectivity index is 2.56. The van der Waals surface area contributed by atoms with Crippen molar-refractivity contribution in [2.24, 2.45) is 5.73 Å². The fourth-order valence-corrected chi connectivity index (χ4v) is 2.58. The van der Waals surface area contributed by atoms with Crippen LogP contribution in [0.25, 0.3) is 0 Å². The van der Waals surface area contributed by atoms with Gasteiger partial charge in [0.05, 0.1) is 13.0 Å². The van der Waals surface area contributed by atoms with Crippen LogP contribution in [-0.4, -0.2) is 24.7 Å². The normalized spacial score (nSPS) is 15.4. The molecule has 0 saturated carbocycles. The zero-order chi connectivity index (χ0) is 12.4. The molecular formula is C13H17NO3. The summed E-state index contributed by atoms with van der Waals surface area (Å²) in [6, 6.07) is 3.88. The zero-order valence-electron chi connectivity index (χ0n) is 9.90. The largest absolute Gasteiger partial charge is 0.496 e. The minimum atomic E-state index is -0.883. The van der Waals surface area contributed by atoms with Crippen molar-refractivity contribution in [1.82, 2.24) is 0 Å². The van der Waals surface area contributed by atoms with E-state index in [9.17, 15) is 9.90 Å². The monoisotopic (exact) mass is 235 g/mol. The van der Waals surface area contributed by atoms with Gasteiger partial charge in [0, 0.05) is 12.1 Å². The minimum absolute atomic E-state index is 0.0994. The molecule has 0 aromatic heterocycles. The lowest BCUT2D eigenvalue weighted by Gasteiger charge is -2.18. The molecule has 1 unspecified atom stereocenters. The van der Waals surface area contributed by atoms with Crippen LogP contribution in [0.15, 0.2) is 12.1 Å². The Bertz CT molecular complexity index is 443. The molecule has 0 saturated heterocycles. The SMILES string of the molecule is COc1ccc2c(c1C(CN)C(=O)O)CCC2. The van der Waals surface area contributed by atoms with Gasteiger partial charge >= 0.3 is 5.97 Å². The van der Waals surface area contributed by atoms with Crippen LogP contribution < -0.4 is 10.5 Å². The van der Waals surface area contributed by atoms with Crippen molar-refractivity contribution in [3.05, 3.63) is 28.8 Å². The van der Waals surface area contributed by atoms with E-state index in [4.69, 9.17) is 10.5 Å². The molecule has 0 amide bonds. The fraction of sp³-hybridized carbons (Fsp3) is 0.462. The summed E-state index contributed by atoms with van der Waals surface area (Å²) in [5.74, 6) is -0.910. The number of carboxylic acid groups (broad SMARTS) is 1. The van der Waals surface area contributed by atoms with Crippen molar-refractivity contribution in [2.75, 3.05) is 13.7 Å². The summed E-state index contributed by atoms with van der Waals surface area (Å²) in [4.78, 5) is 11.3. The molecule has 1 aliphatic rings. The van der Waals surface area contributed by atoms with E-state index < -0.39 is 11.9 Å². The number of fused-ring (bicyclic) bond motifs is 1. The summed E-state index contributed by atoms with van der Waals surface area (Å²) in [6.07, 6.45) is 3.02. The topological polar surface area (TPSA) is 72.5 Å². The van der Waals surface area contributed by atoms with Crippen LogP contribution in [0, 0.1) is 0 Å². The molecule has 0 bridgehead atoms. The van der Waals surface area contributed by atoms with Crippen molar-refractivity contribution >= 4 is 5.97 Å². The summed E-state index contributed by atoms with van der Waals surface area (Å²) in [5.41, 5.74) is 8.73. The predicted octanol–water partition coefficient (Wildman–Crippen LogP) is 1.31. The van der Waals surface area contributed by atoms with Crippen LogP contribution in [-0.2, 0) is 17.6 Å². The number of rotatable bonds is 4. The van der Waals surface area contributed by atoms with Crippen molar-refractivity contribution in [1.29, 1.82) is 0 Å². The first-order chi connectivity index (χ1) is 8.19. The second-order valence-electron chi connectivity index (χ2n) is 4.30. The van der Waals surface area contributed by atoms with Gasteiger partial charge in [-0.15, -0.1) is 0 Å². The molecule has 3 N–H and O–H groups in total. The Morgan fingerprint density at radius 1 is 1.53 bits per heavy atom. The number of carbonyl (C=O) groups is 1. The summed E-state index contributed by atoms with van der Waals surface area (Å²) >= 11 is 0. The van der Waals surface area contributed by atoms with Gasteiger partial charge in [0.1, 0.15) is 5.75 Å². The molecule has 2 rings (SSSR count). The molecule has 0 heterocycles. The van der Waals surface area contributed by atoms with Gasteiger partial charge in [0.2, 0.25) is 0 Å². The molecule has 4 heteroatoms. The van der Waals surface area contributed by atoms with E-state index in [2.05, 4.69) is 0 Å². The Labute approximate surface area is 100 Å². The highest BCUT2D eigenvalue weighted by Crippen LogP contribution is 2.36. The van der Waals surface area contributed by atoms with E-state index >= 15 is 0 Å². The van der Waals surface area contributed by atoms with Gasteiger partial charge in [-0.3, -0.25) is 4.79 Å². The third-order valence-corrected chi connectivity index (χ3v) is 3.39. The third kappa shape index (κ3) is 2.00. The van der Waals surface area contributed by atoms with Gasteiger partial charge in [0.15, 0.2) is 0 Å². The van der Waals surface area contributed by atoms with Crippen LogP contribution in [0.1, 0.15) is 29.0 Å². The van der Waals surface area contributed by atoms with E-state index in [0.717, 1.165) is 30.4 Å². The zero-order valence-corrected chi connectivity index (χ0v) is 9.90. The number of aliphatic carboxylic acids is 1. The molecule has 0 radical (unpaired) electrons. The number of methoxy groups -OCH3 is 1. The highest BCUT2D eigenvalue weighted by atomic mass is 16.5. The number of ether oxygens (including phenoxy) is 1. The molecule has 4 nitrogen and oxygen atoms in total. The summed E-state index contributed by atoms with van der Waals surface area (Å²) in [7, 11) is 1.57. The number of hydrogen-bond donors (Lipinski definition) is 2. The van der Waals surface area contributed by atoms with Gasteiger partial charge < -0.3 is 15.6 Å². The van der Waals surface area contributed by atoms with Crippen molar-refractivity contribution in [2.45, 2.75) is 25.2 Å². The maximum absolute atomic E-state index is 11.3. The number of aryl methyl sites for hydroxylation is 1. The van der Waals surface area contributed by atoms with Crippen molar-refractivity contribution < 1.29 is 14.6 Å². The first kappa shape index (κ1) is 11.9. The van der Waals surface area contributed by atoms with Crippen molar-refractivity contribution in [3.8, 4) is 5.75 Å². The lowest BCUT2D eigenvalue weighted by atomic mass is 9.91. The Hall–Kier alpha value is -1.55. The van der Waals surface area contributed by atoms with Gasteiger partial charge in [0.25, 0.3) is 0 Å². The van der Waals surface area contributed by atoms with E-state index in [1.54, 1.807) is 7.11 Å². The second kappa shape index (κ2) is 4.75. The maximum Gasteiger partial charge on any atom is 0.312 e. The van der Waals surface area contributed by atoms with Crippen LogP contribution in [0.3, 0.4) is 0 Å². The maximum atomic E-state index is 11.3. The summed E-state index contributed by atoms with van der Waals surface area (Å²) in [5, 5.41) is 9.24. The molecular weight excluding hydrogens is 218 g/mol. The van der Waals surface area contributed by atoms with E-state index in [-0.39, 0.29) is 6.54 Å². The Morgan fingerprint density at radius 2 is 2.29 bits per heavy atom. The predicted molar refractivity (Wildman–Crippen MR) is 64.5 cm³/mol. The molecule has 0 spiro atoms. The minimum Gasteiger partial charge on any atom is -0.496 e. The average Bonchev–Trinajstić information content (AvgIpc) is 2.77. The van der Waals surface area contributed by atoms with Crippen LogP contribution in [0.5, 0.6) is 5.75 Å². The van der Waals surface area contributed by atoms with Gasteiger partial charge in [-0.25, -0.2) is 0 Å². The van der Waals surface area contributed by atoms with Crippen LogP contribution >= 0.6 is 0 Å². The first-order valence-electron chi connectivity index (χ1n) is 5.80. The summed E-state index contributed by atoms with van der Waals surface area (Å²) < 4.78 is 5.28. The molecule has 1 aromatic rings. The van der Waals surface area contributed by atoms with Crippen molar-refractivity contribution in [3.63, 3.8) is 0 Å². The lowest BCUT2D eigenvalue weighted by molar-refractivity contribution is -0.138. The Kier molecular flexibility index (Phi) is 3.33. The standard InChI is InChI=1S/C13H17NO3/c1-17-11-6-5-8-3-2-4-9(8)12(11)10(7-14)13(15)16/h5-6,10H,2-4,7,14H2,1H3,(H,15,16). The Morgan fingerprint density at radius 3 is 2.88 bits per heavy atom. The third-order valence-electron chi connectivity index (χ3n) is 3.39. The highest BCUT2D eigenvalue weighted by molar-refractivity contribution is 5.78. The van der Waals surface area contributed by atoms with Crippen LogP contribution in [0.4, 0.5) is 0 Å². The smallest absolute Gasteiger partial charge is 0.312 e. The number of carboxylic acids is 1. The number of hydrogen-bond acceptors (Lipinski definition) is 3. The molecule has 17 heavy (non-hydrogen) atoms. The van der Waals surface area contributed by atoms with Gasteiger partial charge in [-0.1, -0.05) is 6.07 Å². The van der Waals surface area contributed by atoms with Crippen LogP contribution in [0.2, 0.25) is 0 Å². The molecule has 0 fully saturated rings. The van der Waals surface area contributed by atoms with E-state index in [1.165, 1.54) is 5.56 Å².